The lowest BCUT2D eigenvalue weighted by molar-refractivity contribution is 0.0730. The van der Waals surface area contributed by atoms with Crippen LogP contribution in [-0.4, -0.2) is 31.8 Å². The summed E-state index contributed by atoms with van der Waals surface area (Å²) < 4.78 is 1.90. The Kier molecular flexibility index (Phi) is 4.22. The predicted molar refractivity (Wildman–Crippen MR) is 109 cm³/mol. The molecule has 0 aliphatic carbocycles. The molecule has 1 amide bonds. The molecule has 0 unspecified atom stereocenters. The van der Waals surface area contributed by atoms with Crippen LogP contribution >= 0.6 is 11.3 Å². The van der Waals surface area contributed by atoms with Crippen molar-refractivity contribution in [3.05, 3.63) is 81.9 Å². The van der Waals surface area contributed by atoms with E-state index in [1.54, 1.807) is 17.5 Å². The molecule has 0 atom stereocenters. The maximum atomic E-state index is 13.0. The van der Waals surface area contributed by atoms with Gasteiger partial charge >= 0.3 is 0 Å². The van der Waals surface area contributed by atoms with E-state index in [0.29, 0.717) is 12.2 Å². The Morgan fingerprint density at radius 1 is 1.14 bits per heavy atom. The van der Waals surface area contributed by atoms with Gasteiger partial charge in [0.05, 0.1) is 6.61 Å². The van der Waals surface area contributed by atoms with Crippen molar-refractivity contribution >= 4 is 22.9 Å². The van der Waals surface area contributed by atoms with Gasteiger partial charge in [0.25, 0.3) is 5.91 Å². The molecule has 0 saturated carbocycles. The molecule has 5 nitrogen and oxygen atoms in total. The molecule has 1 N–H and O–H groups in total. The summed E-state index contributed by atoms with van der Waals surface area (Å²) in [6.45, 7) is 1.41. The molecule has 1 aliphatic rings. The second-order valence-electron chi connectivity index (χ2n) is 7.01. The first-order chi connectivity index (χ1) is 13.7. The summed E-state index contributed by atoms with van der Waals surface area (Å²) in [6.07, 6.45) is 4.69. The lowest BCUT2D eigenvalue weighted by Crippen LogP contribution is -2.35. The Labute approximate surface area is 166 Å². The average Bonchev–Trinajstić information content (AvgIpc) is 3.38. The van der Waals surface area contributed by atoms with E-state index in [-0.39, 0.29) is 12.5 Å². The van der Waals surface area contributed by atoms with Gasteiger partial charge in [0.15, 0.2) is 0 Å². The van der Waals surface area contributed by atoms with E-state index in [0.717, 1.165) is 35.3 Å². The van der Waals surface area contributed by atoms with Gasteiger partial charge < -0.3 is 14.4 Å². The van der Waals surface area contributed by atoms with E-state index in [9.17, 15) is 9.90 Å². The fourth-order valence-corrected chi connectivity index (χ4v) is 4.59. The zero-order valence-electron chi connectivity index (χ0n) is 15.2. The molecule has 4 heterocycles. The third-order valence-corrected chi connectivity index (χ3v) is 6.23. The fraction of sp³-hybridized carbons (Fsp3) is 0.182. The number of pyridine rings is 1. The highest BCUT2D eigenvalue weighted by atomic mass is 32.1. The van der Waals surface area contributed by atoms with Gasteiger partial charge in [-0.05, 0) is 58.3 Å². The molecular weight excluding hydrogens is 370 g/mol. The van der Waals surface area contributed by atoms with E-state index < -0.39 is 0 Å². The third kappa shape index (κ3) is 3.00. The Morgan fingerprint density at radius 2 is 2.07 bits per heavy atom. The molecule has 1 aromatic carbocycles. The number of hydrogen-bond acceptors (Lipinski definition) is 4. The zero-order valence-corrected chi connectivity index (χ0v) is 16.0. The molecule has 140 valence electrons. The minimum Gasteiger partial charge on any atom is -0.392 e. The van der Waals surface area contributed by atoms with Crippen LogP contribution in [0.4, 0.5) is 0 Å². The van der Waals surface area contributed by atoms with Gasteiger partial charge in [-0.15, -0.1) is 11.3 Å². The number of fused-ring (bicyclic) bond motifs is 2. The highest BCUT2D eigenvalue weighted by Gasteiger charge is 2.24. The van der Waals surface area contributed by atoms with E-state index in [1.165, 1.54) is 10.4 Å². The monoisotopic (exact) mass is 389 g/mol. The van der Waals surface area contributed by atoms with Gasteiger partial charge in [-0.2, -0.15) is 0 Å². The lowest BCUT2D eigenvalue weighted by Gasteiger charge is -2.26. The molecule has 28 heavy (non-hydrogen) atoms. The standard InChI is InChI=1S/C22H19N3O2S/c26-14-15-2-1-3-16(10-15)17-4-5-21-23-19(13-25(21)11-17)22(27)24-8-6-20-18(12-24)7-9-28-20/h1-5,7,9-11,13,26H,6,8,12,14H2. The summed E-state index contributed by atoms with van der Waals surface area (Å²) in [5, 5.41) is 11.5. The fourth-order valence-electron chi connectivity index (χ4n) is 3.70. The van der Waals surface area contributed by atoms with Crippen LogP contribution in [0.15, 0.2) is 60.2 Å². The Morgan fingerprint density at radius 3 is 2.96 bits per heavy atom. The molecule has 0 bridgehead atoms. The SMILES string of the molecule is O=C(c1cn2cc(-c3cccc(CO)c3)ccc2n1)N1CCc2sccc2C1. The Hall–Kier alpha value is -2.96. The number of carbonyl (C=O) groups excluding carboxylic acids is 1. The van der Waals surface area contributed by atoms with Crippen LogP contribution in [0.2, 0.25) is 0 Å². The van der Waals surface area contributed by atoms with Gasteiger partial charge in [-0.3, -0.25) is 4.79 Å². The predicted octanol–water partition coefficient (Wildman–Crippen LogP) is 3.75. The second-order valence-corrected chi connectivity index (χ2v) is 8.01. The summed E-state index contributed by atoms with van der Waals surface area (Å²) >= 11 is 1.77. The van der Waals surface area contributed by atoms with Crippen LogP contribution in [0.25, 0.3) is 16.8 Å². The summed E-state index contributed by atoms with van der Waals surface area (Å²) in [5.74, 6) is -0.0237. The number of hydrogen-bond donors (Lipinski definition) is 1. The number of rotatable bonds is 3. The number of amides is 1. The van der Waals surface area contributed by atoms with Crippen LogP contribution in [0.5, 0.6) is 0 Å². The molecule has 0 fully saturated rings. The van der Waals surface area contributed by atoms with E-state index in [1.807, 2.05) is 51.9 Å². The highest BCUT2D eigenvalue weighted by Crippen LogP contribution is 2.26. The summed E-state index contributed by atoms with van der Waals surface area (Å²) in [7, 11) is 0. The van der Waals surface area contributed by atoms with E-state index in [2.05, 4.69) is 16.4 Å². The van der Waals surface area contributed by atoms with Crippen molar-refractivity contribution in [3.63, 3.8) is 0 Å². The summed E-state index contributed by atoms with van der Waals surface area (Å²) in [4.78, 5) is 20.8. The minimum absolute atomic E-state index is 0.0154. The quantitative estimate of drug-likeness (QED) is 0.581. The third-order valence-electron chi connectivity index (χ3n) is 5.21. The minimum atomic E-state index is -0.0237. The van der Waals surface area contributed by atoms with Crippen molar-refractivity contribution in [2.75, 3.05) is 6.54 Å². The van der Waals surface area contributed by atoms with Crippen molar-refractivity contribution in [1.82, 2.24) is 14.3 Å². The largest absolute Gasteiger partial charge is 0.392 e. The summed E-state index contributed by atoms with van der Waals surface area (Å²) in [6, 6.07) is 13.8. The smallest absolute Gasteiger partial charge is 0.274 e. The first-order valence-corrected chi connectivity index (χ1v) is 10.1. The van der Waals surface area contributed by atoms with Gasteiger partial charge in [0.1, 0.15) is 11.3 Å². The van der Waals surface area contributed by atoms with Gasteiger partial charge in [-0.1, -0.05) is 18.2 Å². The van der Waals surface area contributed by atoms with Crippen LogP contribution in [-0.2, 0) is 19.6 Å². The topological polar surface area (TPSA) is 57.8 Å². The van der Waals surface area contributed by atoms with E-state index in [4.69, 9.17) is 0 Å². The number of aromatic nitrogens is 2. The van der Waals surface area contributed by atoms with Crippen molar-refractivity contribution in [1.29, 1.82) is 0 Å². The number of aliphatic hydroxyl groups excluding tert-OH is 1. The molecular formula is C22H19N3O2S. The Balaban J connectivity index is 1.44. The van der Waals surface area contributed by atoms with Gasteiger partial charge in [0.2, 0.25) is 0 Å². The van der Waals surface area contributed by atoms with Crippen molar-refractivity contribution < 1.29 is 9.90 Å². The first kappa shape index (κ1) is 17.2. The van der Waals surface area contributed by atoms with Gasteiger partial charge in [0, 0.05) is 30.4 Å². The molecule has 0 radical (unpaired) electrons. The van der Waals surface area contributed by atoms with Crippen molar-refractivity contribution in [2.45, 2.75) is 19.6 Å². The van der Waals surface area contributed by atoms with E-state index >= 15 is 0 Å². The van der Waals surface area contributed by atoms with Crippen molar-refractivity contribution in [2.24, 2.45) is 0 Å². The molecule has 0 spiro atoms. The molecule has 3 aromatic heterocycles. The molecule has 0 saturated heterocycles. The van der Waals surface area contributed by atoms with Crippen molar-refractivity contribution in [3.8, 4) is 11.1 Å². The van der Waals surface area contributed by atoms with Gasteiger partial charge in [-0.25, -0.2) is 4.98 Å². The van der Waals surface area contributed by atoms with Crippen LogP contribution in [0, 0.1) is 0 Å². The maximum Gasteiger partial charge on any atom is 0.274 e. The zero-order chi connectivity index (χ0) is 19.1. The maximum absolute atomic E-state index is 13.0. The molecule has 5 rings (SSSR count). The number of benzene rings is 1. The normalized spacial score (nSPS) is 13.7. The second kappa shape index (κ2) is 6.89. The van der Waals surface area contributed by atoms with Crippen LogP contribution in [0.3, 0.4) is 0 Å². The average molecular weight is 389 g/mol. The van der Waals surface area contributed by atoms with Crippen LogP contribution < -0.4 is 0 Å². The first-order valence-electron chi connectivity index (χ1n) is 9.25. The number of thiophene rings is 1. The highest BCUT2D eigenvalue weighted by molar-refractivity contribution is 7.10. The van der Waals surface area contributed by atoms with Crippen LogP contribution in [0.1, 0.15) is 26.5 Å². The lowest BCUT2D eigenvalue weighted by atomic mass is 10.1. The summed E-state index contributed by atoms with van der Waals surface area (Å²) in [5.41, 5.74) is 5.38. The molecule has 1 aliphatic heterocycles. The molecule has 6 heteroatoms. The number of imidazole rings is 1. The number of aliphatic hydroxyl groups is 1. The number of carbonyl (C=O) groups is 1. The Bertz CT molecular complexity index is 1180. The number of nitrogens with zero attached hydrogens (tertiary/aromatic N) is 3. The molecule has 4 aromatic rings.